The normalized spacial score (nSPS) is 13.8. The molecule has 28 heavy (non-hydrogen) atoms. The first-order chi connectivity index (χ1) is 13.5. The van der Waals surface area contributed by atoms with E-state index in [-0.39, 0.29) is 5.91 Å². The van der Waals surface area contributed by atoms with Gasteiger partial charge in [0.15, 0.2) is 15.8 Å². The Kier molecular flexibility index (Phi) is 6.67. The predicted molar refractivity (Wildman–Crippen MR) is 116 cm³/mol. The number of nitrogens with zero attached hydrogens (tertiary/aromatic N) is 3. The van der Waals surface area contributed by atoms with E-state index < -0.39 is 0 Å². The van der Waals surface area contributed by atoms with Gasteiger partial charge in [-0.1, -0.05) is 36.1 Å². The van der Waals surface area contributed by atoms with Gasteiger partial charge in [0.1, 0.15) is 6.61 Å². The number of carbonyl (C=O) groups excluding carboxylic acids is 1. The summed E-state index contributed by atoms with van der Waals surface area (Å²) in [7, 11) is 1.55. The molecular formula is C19H14BrN3O3S2. The molecule has 0 aromatic heterocycles. The predicted octanol–water partition coefficient (Wildman–Crippen LogP) is 4.10. The van der Waals surface area contributed by atoms with Crippen LogP contribution in [0.4, 0.5) is 0 Å². The molecule has 3 rings (SSSR count). The zero-order chi connectivity index (χ0) is 20.1. The van der Waals surface area contributed by atoms with E-state index in [2.05, 4.69) is 27.1 Å². The van der Waals surface area contributed by atoms with Gasteiger partial charge in [-0.3, -0.25) is 4.79 Å². The first-order valence-electron chi connectivity index (χ1n) is 8.05. The Morgan fingerprint density at radius 3 is 2.75 bits per heavy atom. The molecule has 0 aliphatic carbocycles. The number of rotatable bonds is 6. The molecule has 0 atom stereocenters. The van der Waals surface area contributed by atoms with E-state index in [1.807, 2.05) is 18.2 Å². The molecule has 6 nitrogen and oxygen atoms in total. The van der Waals surface area contributed by atoms with Gasteiger partial charge in [0.05, 0.1) is 35.2 Å². The summed E-state index contributed by atoms with van der Waals surface area (Å²) in [5, 5.41) is 14.2. The molecule has 0 saturated carbocycles. The van der Waals surface area contributed by atoms with Gasteiger partial charge in [0.2, 0.25) is 0 Å². The molecule has 0 N–H and O–H groups in total. The highest BCUT2D eigenvalue weighted by Crippen LogP contribution is 2.37. The number of benzene rings is 2. The number of thiocarbonyl (C=S) groups is 1. The Morgan fingerprint density at radius 2 is 2.14 bits per heavy atom. The van der Waals surface area contributed by atoms with Crippen LogP contribution in [0.5, 0.6) is 11.5 Å². The van der Waals surface area contributed by atoms with Crippen LogP contribution in [0.1, 0.15) is 16.7 Å². The summed E-state index contributed by atoms with van der Waals surface area (Å²) >= 11 is 9.89. The van der Waals surface area contributed by atoms with E-state index >= 15 is 0 Å². The Balaban J connectivity index is 1.76. The van der Waals surface area contributed by atoms with Crippen molar-refractivity contribution in [3.05, 3.63) is 57.6 Å². The number of nitriles is 1. The Morgan fingerprint density at radius 1 is 1.39 bits per heavy atom. The fraction of sp³-hybridized carbons (Fsp3) is 0.158. The van der Waals surface area contributed by atoms with Crippen LogP contribution in [0.25, 0.3) is 0 Å². The monoisotopic (exact) mass is 475 g/mol. The summed E-state index contributed by atoms with van der Waals surface area (Å²) in [6.45, 7) is 0.321. The maximum Gasteiger partial charge on any atom is 0.259 e. The number of hydrogen-bond donors (Lipinski definition) is 0. The van der Waals surface area contributed by atoms with Gasteiger partial charge in [-0.2, -0.15) is 15.4 Å². The molecule has 1 aliphatic heterocycles. The van der Waals surface area contributed by atoms with Crippen LogP contribution in [0.3, 0.4) is 0 Å². The lowest BCUT2D eigenvalue weighted by atomic mass is 10.1. The third-order valence-electron chi connectivity index (χ3n) is 3.77. The molecule has 1 saturated heterocycles. The van der Waals surface area contributed by atoms with E-state index in [4.69, 9.17) is 27.0 Å². The minimum atomic E-state index is -0.139. The molecule has 0 bridgehead atoms. The molecule has 1 aliphatic rings. The smallest absolute Gasteiger partial charge is 0.259 e. The maximum atomic E-state index is 11.7. The average Bonchev–Trinajstić information content (AvgIpc) is 3.03. The van der Waals surface area contributed by atoms with Crippen molar-refractivity contribution in [2.75, 3.05) is 12.9 Å². The number of amides is 1. The summed E-state index contributed by atoms with van der Waals surface area (Å²) in [6.07, 6.45) is 1.55. The van der Waals surface area contributed by atoms with Crippen molar-refractivity contribution < 1.29 is 14.3 Å². The number of hydrogen-bond acceptors (Lipinski definition) is 7. The fourth-order valence-electron chi connectivity index (χ4n) is 2.37. The molecule has 9 heteroatoms. The molecular weight excluding hydrogens is 462 g/mol. The molecule has 142 valence electrons. The summed E-state index contributed by atoms with van der Waals surface area (Å²) in [5.41, 5.74) is 2.25. The quantitative estimate of drug-likeness (QED) is 0.462. The van der Waals surface area contributed by atoms with Gasteiger partial charge in [0.25, 0.3) is 5.91 Å². The fourth-order valence-corrected chi connectivity index (χ4v) is 3.91. The topological polar surface area (TPSA) is 74.9 Å². The van der Waals surface area contributed by atoms with Crippen LogP contribution >= 0.6 is 39.9 Å². The van der Waals surface area contributed by atoms with Gasteiger partial charge in [-0.15, -0.1) is 0 Å². The Labute approximate surface area is 180 Å². The first-order valence-corrected chi connectivity index (χ1v) is 10.2. The molecule has 0 spiro atoms. The zero-order valence-corrected chi connectivity index (χ0v) is 17.9. The summed E-state index contributed by atoms with van der Waals surface area (Å²) in [4.78, 5) is 11.7. The largest absolute Gasteiger partial charge is 0.493 e. The van der Waals surface area contributed by atoms with Crippen molar-refractivity contribution in [2.45, 2.75) is 6.61 Å². The van der Waals surface area contributed by atoms with E-state index in [1.165, 1.54) is 16.8 Å². The lowest BCUT2D eigenvalue weighted by molar-refractivity contribution is -0.123. The van der Waals surface area contributed by atoms with Gasteiger partial charge in [-0.25, -0.2) is 0 Å². The molecule has 0 unspecified atom stereocenters. The SMILES string of the molecule is COc1cc(/C=N\N2C(=O)CSC2=S)cc(Br)c1OCc1ccc(C#N)cc1. The van der Waals surface area contributed by atoms with Gasteiger partial charge in [0, 0.05) is 0 Å². The summed E-state index contributed by atoms with van der Waals surface area (Å²) < 4.78 is 12.5. The highest BCUT2D eigenvalue weighted by atomic mass is 79.9. The number of halogens is 1. The van der Waals surface area contributed by atoms with Crippen molar-refractivity contribution in [3.63, 3.8) is 0 Å². The summed E-state index contributed by atoms with van der Waals surface area (Å²) in [6, 6.07) is 12.8. The second-order valence-electron chi connectivity index (χ2n) is 5.64. The lowest BCUT2D eigenvalue weighted by Crippen LogP contribution is -2.22. The zero-order valence-electron chi connectivity index (χ0n) is 14.7. The number of hydrazone groups is 1. The van der Waals surface area contributed by atoms with E-state index in [0.717, 1.165) is 11.1 Å². The number of ether oxygens (including phenoxy) is 2. The van der Waals surface area contributed by atoms with Crippen molar-refractivity contribution in [3.8, 4) is 17.6 Å². The second kappa shape index (κ2) is 9.19. The van der Waals surface area contributed by atoms with Crippen molar-refractivity contribution in [1.82, 2.24) is 5.01 Å². The number of thioether (sulfide) groups is 1. The Hall–Kier alpha value is -2.41. The highest BCUT2D eigenvalue weighted by Gasteiger charge is 2.26. The lowest BCUT2D eigenvalue weighted by Gasteiger charge is -2.14. The number of carbonyl (C=O) groups is 1. The molecule has 1 heterocycles. The minimum absolute atomic E-state index is 0.139. The van der Waals surface area contributed by atoms with Crippen molar-refractivity contribution in [2.24, 2.45) is 5.10 Å². The van der Waals surface area contributed by atoms with Gasteiger partial charge >= 0.3 is 0 Å². The van der Waals surface area contributed by atoms with Crippen LogP contribution in [-0.4, -0.2) is 34.3 Å². The molecule has 1 amide bonds. The van der Waals surface area contributed by atoms with Crippen LogP contribution in [0.2, 0.25) is 0 Å². The van der Waals surface area contributed by atoms with Gasteiger partial charge in [-0.05, 0) is 51.3 Å². The maximum absolute atomic E-state index is 11.7. The third kappa shape index (κ3) is 4.70. The van der Waals surface area contributed by atoms with Crippen LogP contribution in [0, 0.1) is 11.3 Å². The van der Waals surface area contributed by atoms with E-state index in [9.17, 15) is 4.79 Å². The van der Waals surface area contributed by atoms with E-state index in [1.54, 1.807) is 31.5 Å². The van der Waals surface area contributed by atoms with Crippen molar-refractivity contribution >= 4 is 56.4 Å². The van der Waals surface area contributed by atoms with Crippen LogP contribution in [0.15, 0.2) is 46.0 Å². The highest BCUT2D eigenvalue weighted by molar-refractivity contribution is 9.10. The second-order valence-corrected chi connectivity index (χ2v) is 8.10. The van der Waals surface area contributed by atoms with Crippen LogP contribution in [-0.2, 0) is 11.4 Å². The Bertz CT molecular complexity index is 971. The van der Waals surface area contributed by atoms with Crippen molar-refractivity contribution in [1.29, 1.82) is 5.26 Å². The molecule has 2 aromatic rings. The minimum Gasteiger partial charge on any atom is -0.493 e. The summed E-state index contributed by atoms with van der Waals surface area (Å²) in [5.74, 6) is 1.24. The first kappa shape index (κ1) is 20.3. The van der Waals surface area contributed by atoms with Crippen LogP contribution < -0.4 is 9.47 Å². The third-order valence-corrected chi connectivity index (χ3v) is 5.70. The average molecular weight is 476 g/mol. The van der Waals surface area contributed by atoms with Gasteiger partial charge < -0.3 is 9.47 Å². The molecule has 0 radical (unpaired) electrons. The molecule has 2 aromatic carbocycles. The number of methoxy groups -OCH3 is 1. The standard InChI is InChI=1S/C19H14BrN3O3S2/c1-25-16-7-14(9-22-23-17(24)11-28-19(23)27)6-15(20)18(16)26-10-13-4-2-12(8-21)3-5-13/h2-7,9H,10-11H2,1H3/b22-9-. The molecule has 1 fully saturated rings. The van der Waals surface area contributed by atoms with E-state index in [0.29, 0.717) is 38.2 Å².